The molecule has 9 heteroatoms. The van der Waals surface area contributed by atoms with Gasteiger partial charge in [0, 0.05) is 12.6 Å². The number of hydrogen-bond donors (Lipinski definition) is 1. The molecule has 1 atom stereocenters. The maximum absolute atomic E-state index is 13.1. The van der Waals surface area contributed by atoms with Crippen LogP contribution in [0.25, 0.3) is 0 Å². The van der Waals surface area contributed by atoms with Crippen molar-refractivity contribution in [3.63, 3.8) is 0 Å². The Morgan fingerprint density at radius 1 is 1.07 bits per heavy atom. The molecule has 2 aromatic carbocycles. The molecule has 0 amide bonds. The second kappa shape index (κ2) is 8.28. The molecule has 0 unspecified atom stereocenters. The van der Waals surface area contributed by atoms with Gasteiger partial charge in [-0.05, 0) is 43.9 Å². The van der Waals surface area contributed by atoms with Gasteiger partial charge in [0.2, 0.25) is 10.0 Å². The Bertz CT molecular complexity index is 866. The van der Waals surface area contributed by atoms with E-state index in [0.29, 0.717) is 5.75 Å². The monoisotopic (exact) mass is 402 g/mol. The second-order valence-corrected chi connectivity index (χ2v) is 7.83. The number of halogens is 3. The van der Waals surface area contributed by atoms with Crippen molar-refractivity contribution in [3.8, 4) is 5.75 Å². The van der Waals surface area contributed by atoms with Crippen molar-refractivity contribution in [3.05, 3.63) is 59.7 Å². The quantitative estimate of drug-likeness (QED) is 0.772. The van der Waals surface area contributed by atoms with Gasteiger partial charge in [-0.3, -0.25) is 0 Å². The number of methoxy groups -OCH3 is 1. The topological polar surface area (TPSA) is 58.6 Å². The summed E-state index contributed by atoms with van der Waals surface area (Å²) in [5.41, 5.74) is -0.393. The molecule has 0 aliphatic rings. The van der Waals surface area contributed by atoms with E-state index in [9.17, 15) is 21.6 Å². The van der Waals surface area contributed by atoms with Crippen molar-refractivity contribution in [2.75, 3.05) is 27.7 Å². The van der Waals surface area contributed by atoms with Gasteiger partial charge in [0.05, 0.1) is 17.6 Å². The van der Waals surface area contributed by atoms with Crippen LogP contribution < -0.4 is 9.46 Å². The average Bonchev–Trinajstić information content (AvgIpc) is 2.61. The highest BCUT2D eigenvalue weighted by Crippen LogP contribution is 2.34. The summed E-state index contributed by atoms with van der Waals surface area (Å²) in [6.45, 7) is -0.0894. The third-order valence-corrected chi connectivity index (χ3v) is 5.55. The van der Waals surface area contributed by atoms with E-state index in [1.165, 1.54) is 13.2 Å². The first-order valence-electron chi connectivity index (χ1n) is 8.02. The van der Waals surface area contributed by atoms with Crippen LogP contribution in [0.15, 0.2) is 53.4 Å². The lowest BCUT2D eigenvalue weighted by molar-refractivity contribution is -0.139. The summed E-state index contributed by atoms with van der Waals surface area (Å²) in [7, 11) is 0.701. The van der Waals surface area contributed by atoms with Crippen LogP contribution in [-0.4, -0.2) is 41.1 Å². The summed E-state index contributed by atoms with van der Waals surface area (Å²) >= 11 is 0. The van der Waals surface area contributed by atoms with E-state index in [4.69, 9.17) is 4.74 Å². The molecule has 0 saturated carbocycles. The number of nitrogens with zero attached hydrogens (tertiary/aromatic N) is 1. The van der Waals surface area contributed by atoms with Crippen LogP contribution >= 0.6 is 0 Å². The molecule has 0 aliphatic carbocycles. The largest absolute Gasteiger partial charge is 0.497 e. The van der Waals surface area contributed by atoms with Crippen LogP contribution in [-0.2, 0) is 16.2 Å². The Balaban J connectivity index is 2.26. The Kier molecular flexibility index (Phi) is 6.50. The van der Waals surface area contributed by atoms with Crippen molar-refractivity contribution < 1.29 is 26.3 Å². The molecule has 0 heterocycles. The van der Waals surface area contributed by atoms with Gasteiger partial charge in [0.1, 0.15) is 5.75 Å². The summed E-state index contributed by atoms with van der Waals surface area (Å²) in [4.78, 5) is 0.990. The lowest BCUT2D eigenvalue weighted by Crippen LogP contribution is -2.35. The number of likely N-dealkylation sites (N-methyl/N-ethyl adjacent to an activating group) is 1. The number of rotatable bonds is 7. The fourth-order valence-corrected chi connectivity index (χ4v) is 3.89. The van der Waals surface area contributed by atoms with E-state index in [2.05, 4.69) is 4.72 Å². The summed E-state index contributed by atoms with van der Waals surface area (Å²) in [5, 5.41) is 0. The third-order valence-electron chi connectivity index (χ3n) is 4.07. The summed E-state index contributed by atoms with van der Waals surface area (Å²) in [6, 6.07) is 10.8. The van der Waals surface area contributed by atoms with E-state index < -0.39 is 26.7 Å². The van der Waals surface area contributed by atoms with Crippen LogP contribution in [0.3, 0.4) is 0 Å². The zero-order valence-corrected chi connectivity index (χ0v) is 15.9. The molecule has 0 aliphatic heterocycles. The Labute approximate surface area is 156 Å². The smallest absolute Gasteiger partial charge is 0.417 e. The van der Waals surface area contributed by atoms with Crippen LogP contribution in [0.4, 0.5) is 13.2 Å². The molecule has 0 spiro atoms. The van der Waals surface area contributed by atoms with Crippen molar-refractivity contribution in [2.24, 2.45) is 0 Å². The lowest BCUT2D eigenvalue weighted by Gasteiger charge is -2.25. The Hall–Kier alpha value is -2.10. The molecule has 2 rings (SSSR count). The van der Waals surface area contributed by atoms with Gasteiger partial charge >= 0.3 is 6.18 Å². The standard InChI is InChI=1S/C18H21F3N2O3S/c1-23(2)16(13-8-10-14(26-3)11-9-13)12-22-27(24,25)17-7-5-4-6-15(17)18(19,20)21/h4-11,16,22H,12H2,1-3H3/t16-/m1/s1. The third kappa shape index (κ3) is 5.21. The SMILES string of the molecule is COc1ccc([C@@H](CNS(=O)(=O)c2ccccc2C(F)(F)F)N(C)C)cc1. The highest BCUT2D eigenvalue weighted by Gasteiger charge is 2.37. The van der Waals surface area contributed by atoms with Gasteiger partial charge in [-0.2, -0.15) is 13.2 Å². The predicted octanol–water partition coefficient (Wildman–Crippen LogP) is 3.30. The minimum absolute atomic E-state index is 0.0894. The van der Waals surface area contributed by atoms with Crippen LogP contribution in [0, 0.1) is 0 Å². The first kappa shape index (κ1) is 21.2. The van der Waals surface area contributed by atoms with E-state index in [1.54, 1.807) is 43.3 Å². The number of hydrogen-bond acceptors (Lipinski definition) is 4. The van der Waals surface area contributed by atoms with Crippen LogP contribution in [0.1, 0.15) is 17.2 Å². The molecule has 5 nitrogen and oxygen atoms in total. The van der Waals surface area contributed by atoms with Crippen molar-refractivity contribution >= 4 is 10.0 Å². The lowest BCUT2D eigenvalue weighted by atomic mass is 10.1. The Morgan fingerprint density at radius 3 is 2.19 bits per heavy atom. The molecule has 0 fully saturated rings. The van der Waals surface area contributed by atoms with Crippen molar-refractivity contribution in [1.82, 2.24) is 9.62 Å². The Morgan fingerprint density at radius 2 is 1.67 bits per heavy atom. The minimum atomic E-state index is -4.76. The zero-order valence-electron chi connectivity index (χ0n) is 15.1. The molecule has 0 saturated heterocycles. The number of nitrogens with one attached hydrogen (secondary N) is 1. The number of benzene rings is 2. The molecule has 148 valence electrons. The van der Waals surface area contributed by atoms with Gasteiger partial charge in [0.25, 0.3) is 0 Å². The van der Waals surface area contributed by atoms with Gasteiger partial charge in [-0.15, -0.1) is 0 Å². The van der Waals surface area contributed by atoms with Gasteiger partial charge in [-0.1, -0.05) is 24.3 Å². The fraction of sp³-hybridized carbons (Fsp3) is 0.333. The van der Waals surface area contributed by atoms with Gasteiger partial charge < -0.3 is 9.64 Å². The zero-order chi connectivity index (χ0) is 20.2. The summed E-state index contributed by atoms with van der Waals surface area (Å²) in [5.74, 6) is 0.649. The maximum atomic E-state index is 13.1. The highest BCUT2D eigenvalue weighted by atomic mass is 32.2. The molecule has 2 aromatic rings. The summed E-state index contributed by atoms with van der Waals surface area (Å²) < 4.78 is 71.8. The molecule has 0 aromatic heterocycles. The van der Waals surface area contributed by atoms with E-state index in [1.807, 2.05) is 0 Å². The van der Waals surface area contributed by atoms with E-state index in [0.717, 1.165) is 23.8 Å². The van der Waals surface area contributed by atoms with Crippen LogP contribution in [0.5, 0.6) is 5.75 Å². The molecular weight excluding hydrogens is 381 g/mol. The summed E-state index contributed by atoms with van der Waals surface area (Å²) in [6.07, 6.45) is -4.76. The number of ether oxygens (including phenoxy) is 1. The maximum Gasteiger partial charge on any atom is 0.417 e. The molecule has 27 heavy (non-hydrogen) atoms. The molecule has 1 N–H and O–H groups in total. The first-order chi connectivity index (χ1) is 12.6. The van der Waals surface area contributed by atoms with Gasteiger partial charge in [0.15, 0.2) is 0 Å². The molecular formula is C18H21F3N2O3S. The molecule has 0 radical (unpaired) electrons. The van der Waals surface area contributed by atoms with E-state index >= 15 is 0 Å². The van der Waals surface area contributed by atoms with E-state index in [-0.39, 0.29) is 12.6 Å². The first-order valence-corrected chi connectivity index (χ1v) is 9.51. The fourth-order valence-electron chi connectivity index (χ4n) is 2.63. The average molecular weight is 402 g/mol. The van der Waals surface area contributed by atoms with Crippen molar-refractivity contribution in [1.29, 1.82) is 0 Å². The van der Waals surface area contributed by atoms with Gasteiger partial charge in [-0.25, -0.2) is 13.1 Å². The van der Waals surface area contributed by atoms with Crippen LogP contribution in [0.2, 0.25) is 0 Å². The molecule has 0 bridgehead atoms. The predicted molar refractivity (Wildman–Crippen MR) is 96.1 cm³/mol. The normalized spacial score (nSPS) is 13.6. The number of alkyl halides is 3. The highest BCUT2D eigenvalue weighted by molar-refractivity contribution is 7.89. The van der Waals surface area contributed by atoms with Crippen molar-refractivity contribution in [2.45, 2.75) is 17.1 Å². The number of sulfonamides is 1. The minimum Gasteiger partial charge on any atom is -0.497 e. The second-order valence-electron chi connectivity index (χ2n) is 6.10.